The number of nitrogens with zero attached hydrogens (tertiary/aromatic N) is 4. The van der Waals surface area contributed by atoms with Gasteiger partial charge in [-0.3, -0.25) is 0 Å². The summed E-state index contributed by atoms with van der Waals surface area (Å²) in [5.74, 6) is 2.10. The highest BCUT2D eigenvalue weighted by Crippen LogP contribution is 2.27. The van der Waals surface area contributed by atoms with Crippen LogP contribution in [-0.4, -0.2) is 32.6 Å². The second kappa shape index (κ2) is 9.98. The number of aryl methyl sites for hydroxylation is 3. The van der Waals surface area contributed by atoms with Gasteiger partial charge in [0, 0.05) is 23.6 Å². The van der Waals surface area contributed by atoms with Gasteiger partial charge in [0.1, 0.15) is 23.0 Å². The summed E-state index contributed by atoms with van der Waals surface area (Å²) >= 11 is 6.12. The number of hydrogen-bond donors (Lipinski definition) is 1. The van der Waals surface area contributed by atoms with E-state index in [0.717, 1.165) is 48.6 Å². The molecule has 1 aliphatic rings. The molecule has 2 aromatic carbocycles. The van der Waals surface area contributed by atoms with Crippen molar-refractivity contribution >= 4 is 22.8 Å². The minimum absolute atomic E-state index is 0.185. The summed E-state index contributed by atoms with van der Waals surface area (Å²) in [6.07, 6.45) is 6.41. The highest BCUT2D eigenvalue weighted by Gasteiger charge is 2.18. The standard InChI is InChI=1S/C26H27ClFN5/c27-21-8-5-20(6-9-21)25-31-23-17-30-24(10-7-19-3-1-2-4-22(19)28)32-26(23)33(25)16-13-18-11-14-29-15-12-18/h1-6,8-9,17-18,29H,7,10-16H2. The van der Waals surface area contributed by atoms with Crippen LogP contribution in [0.5, 0.6) is 0 Å². The fourth-order valence-corrected chi connectivity index (χ4v) is 4.66. The lowest BCUT2D eigenvalue weighted by Gasteiger charge is -2.23. The molecule has 2 aromatic heterocycles. The van der Waals surface area contributed by atoms with Crippen LogP contribution in [-0.2, 0) is 19.4 Å². The van der Waals surface area contributed by atoms with Gasteiger partial charge in [-0.25, -0.2) is 19.3 Å². The van der Waals surface area contributed by atoms with Crippen LogP contribution in [0.25, 0.3) is 22.6 Å². The molecule has 0 atom stereocenters. The molecule has 0 saturated carbocycles. The minimum Gasteiger partial charge on any atom is -0.317 e. The summed E-state index contributed by atoms with van der Waals surface area (Å²) in [7, 11) is 0. The van der Waals surface area contributed by atoms with Gasteiger partial charge >= 0.3 is 0 Å². The number of imidazole rings is 1. The number of fused-ring (bicyclic) bond motifs is 1. The van der Waals surface area contributed by atoms with Crippen molar-refractivity contribution in [1.82, 2.24) is 24.8 Å². The summed E-state index contributed by atoms with van der Waals surface area (Å²) in [4.78, 5) is 14.3. The molecule has 5 rings (SSSR count). The van der Waals surface area contributed by atoms with Gasteiger partial charge in [0.05, 0.1) is 6.20 Å². The molecule has 33 heavy (non-hydrogen) atoms. The number of nitrogens with one attached hydrogen (secondary N) is 1. The lowest BCUT2D eigenvalue weighted by atomic mass is 9.95. The Morgan fingerprint density at radius 1 is 1.00 bits per heavy atom. The Bertz CT molecular complexity index is 1230. The summed E-state index contributed by atoms with van der Waals surface area (Å²) in [5.41, 5.74) is 3.31. The van der Waals surface area contributed by atoms with Crippen molar-refractivity contribution in [3.05, 3.63) is 77.0 Å². The first-order chi connectivity index (χ1) is 16.2. The van der Waals surface area contributed by atoms with Gasteiger partial charge in [0.25, 0.3) is 0 Å². The molecule has 0 spiro atoms. The molecule has 3 heterocycles. The summed E-state index contributed by atoms with van der Waals surface area (Å²) < 4.78 is 16.3. The van der Waals surface area contributed by atoms with Crippen molar-refractivity contribution in [1.29, 1.82) is 0 Å². The van der Waals surface area contributed by atoms with E-state index in [9.17, 15) is 4.39 Å². The summed E-state index contributed by atoms with van der Waals surface area (Å²) in [6, 6.07) is 14.6. The van der Waals surface area contributed by atoms with E-state index >= 15 is 0 Å². The minimum atomic E-state index is -0.185. The molecular formula is C26H27ClFN5. The van der Waals surface area contributed by atoms with Gasteiger partial charge in [0.15, 0.2) is 5.65 Å². The molecule has 0 bridgehead atoms. The molecule has 1 saturated heterocycles. The molecule has 170 valence electrons. The normalized spacial score (nSPS) is 14.7. The maximum Gasteiger partial charge on any atom is 0.164 e. The van der Waals surface area contributed by atoms with Crippen molar-refractivity contribution in [2.45, 2.75) is 38.6 Å². The molecule has 7 heteroatoms. The Hall–Kier alpha value is -2.83. The summed E-state index contributed by atoms with van der Waals surface area (Å²) in [5, 5.41) is 4.14. The van der Waals surface area contributed by atoms with E-state index in [1.807, 2.05) is 36.4 Å². The van der Waals surface area contributed by atoms with Crippen LogP contribution in [0.2, 0.25) is 5.02 Å². The third kappa shape index (κ3) is 5.07. The van der Waals surface area contributed by atoms with Crippen LogP contribution >= 0.6 is 11.6 Å². The number of benzene rings is 2. The Morgan fingerprint density at radius 2 is 1.79 bits per heavy atom. The van der Waals surface area contributed by atoms with E-state index in [4.69, 9.17) is 21.6 Å². The molecular weight excluding hydrogens is 437 g/mol. The third-order valence-corrected chi connectivity index (χ3v) is 6.69. The van der Waals surface area contributed by atoms with Gasteiger partial charge < -0.3 is 9.88 Å². The van der Waals surface area contributed by atoms with Crippen molar-refractivity contribution in [3.63, 3.8) is 0 Å². The lowest BCUT2D eigenvalue weighted by molar-refractivity contribution is 0.339. The second-order valence-corrected chi connectivity index (χ2v) is 9.10. The van der Waals surface area contributed by atoms with Crippen molar-refractivity contribution in [3.8, 4) is 11.4 Å². The van der Waals surface area contributed by atoms with E-state index in [-0.39, 0.29) is 5.82 Å². The zero-order valence-electron chi connectivity index (χ0n) is 18.5. The number of piperidine rings is 1. The average molecular weight is 464 g/mol. The van der Waals surface area contributed by atoms with E-state index in [2.05, 4.69) is 14.9 Å². The first kappa shape index (κ1) is 22.0. The predicted octanol–water partition coefficient (Wildman–Crippen LogP) is 5.46. The zero-order valence-corrected chi connectivity index (χ0v) is 19.2. The molecule has 1 fully saturated rings. The number of hydrogen-bond acceptors (Lipinski definition) is 4. The largest absolute Gasteiger partial charge is 0.317 e. The molecule has 1 aliphatic heterocycles. The van der Waals surface area contributed by atoms with Gasteiger partial charge in [-0.2, -0.15) is 0 Å². The molecule has 1 N–H and O–H groups in total. The average Bonchev–Trinajstić information content (AvgIpc) is 3.21. The summed E-state index contributed by atoms with van der Waals surface area (Å²) in [6.45, 7) is 3.02. The molecule has 0 amide bonds. The molecule has 4 aromatic rings. The lowest BCUT2D eigenvalue weighted by Crippen LogP contribution is -2.28. The van der Waals surface area contributed by atoms with Gasteiger partial charge in [-0.05, 0) is 80.6 Å². The topological polar surface area (TPSA) is 55.6 Å². The quantitative estimate of drug-likeness (QED) is 0.395. The van der Waals surface area contributed by atoms with Crippen molar-refractivity contribution < 1.29 is 4.39 Å². The SMILES string of the molecule is Fc1ccccc1CCc1ncc2nc(-c3ccc(Cl)cc3)n(CCC3CCNCC3)c2n1. The van der Waals surface area contributed by atoms with Crippen LogP contribution in [0.15, 0.2) is 54.7 Å². The van der Waals surface area contributed by atoms with E-state index in [1.54, 1.807) is 12.3 Å². The van der Waals surface area contributed by atoms with Crippen LogP contribution in [0.4, 0.5) is 4.39 Å². The van der Waals surface area contributed by atoms with Gasteiger partial charge in [0.2, 0.25) is 0 Å². The zero-order chi connectivity index (χ0) is 22.6. The number of aromatic nitrogens is 4. The fraction of sp³-hybridized carbons (Fsp3) is 0.346. The third-order valence-electron chi connectivity index (χ3n) is 6.44. The molecule has 0 unspecified atom stereocenters. The van der Waals surface area contributed by atoms with Crippen LogP contribution < -0.4 is 5.32 Å². The van der Waals surface area contributed by atoms with Crippen LogP contribution in [0, 0.1) is 11.7 Å². The van der Waals surface area contributed by atoms with Crippen molar-refractivity contribution in [2.24, 2.45) is 5.92 Å². The first-order valence-corrected chi connectivity index (χ1v) is 12.0. The molecule has 0 radical (unpaired) electrons. The highest BCUT2D eigenvalue weighted by atomic mass is 35.5. The number of halogens is 2. The maximum atomic E-state index is 14.0. The Morgan fingerprint density at radius 3 is 2.58 bits per heavy atom. The van der Waals surface area contributed by atoms with E-state index in [1.165, 1.54) is 18.9 Å². The predicted molar refractivity (Wildman–Crippen MR) is 130 cm³/mol. The monoisotopic (exact) mass is 463 g/mol. The maximum absolute atomic E-state index is 14.0. The Labute approximate surface area is 198 Å². The second-order valence-electron chi connectivity index (χ2n) is 8.66. The molecule has 5 nitrogen and oxygen atoms in total. The van der Waals surface area contributed by atoms with Gasteiger partial charge in [-0.1, -0.05) is 29.8 Å². The fourth-order valence-electron chi connectivity index (χ4n) is 4.54. The van der Waals surface area contributed by atoms with Crippen LogP contribution in [0.3, 0.4) is 0 Å². The smallest absolute Gasteiger partial charge is 0.164 e. The van der Waals surface area contributed by atoms with Crippen molar-refractivity contribution in [2.75, 3.05) is 13.1 Å². The highest BCUT2D eigenvalue weighted by molar-refractivity contribution is 6.30. The van der Waals surface area contributed by atoms with Gasteiger partial charge in [-0.15, -0.1) is 0 Å². The first-order valence-electron chi connectivity index (χ1n) is 11.6. The van der Waals surface area contributed by atoms with E-state index < -0.39 is 0 Å². The van der Waals surface area contributed by atoms with E-state index in [0.29, 0.717) is 35.2 Å². The van der Waals surface area contributed by atoms with Crippen LogP contribution in [0.1, 0.15) is 30.7 Å². The Balaban J connectivity index is 1.46. The number of rotatable bonds is 7. The Kier molecular flexibility index (Phi) is 6.65. The molecule has 0 aliphatic carbocycles.